The molecule has 1 fully saturated rings. The highest BCUT2D eigenvalue weighted by molar-refractivity contribution is 7.15. The van der Waals surface area contributed by atoms with Gasteiger partial charge in [0.05, 0.1) is 25.9 Å². The Labute approximate surface area is 128 Å². The lowest BCUT2D eigenvalue weighted by Crippen LogP contribution is -2.39. The fourth-order valence-corrected chi connectivity index (χ4v) is 2.70. The van der Waals surface area contributed by atoms with Gasteiger partial charge in [0.2, 0.25) is 11.0 Å². The second kappa shape index (κ2) is 8.38. The Balaban J connectivity index is 1.65. The Morgan fingerprint density at radius 2 is 2.33 bits per heavy atom. The van der Waals surface area contributed by atoms with Gasteiger partial charge < -0.3 is 19.7 Å². The molecule has 2 rings (SSSR count). The summed E-state index contributed by atoms with van der Waals surface area (Å²) in [5.74, 6) is -0.0403. The minimum Gasteiger partial charge on any atom is -0.376 e. The number of aromatic nitrogens is 2. The summed E-state index contributed by atoms with van der Waals surface area (Å²) in [6.45, 7) is 5.40. The van der Waals surface area contributed by atoms with Crippen LogP contribution >= 0.6 is 11.3 Å². The van der Waals surface area contributed by atoms with E-state index in [4.69, 9.17) is 9.47 Å². The molecule has 1 N–H and O–H groups in total. The van der Waals surface area contributed by atoms with Crippen LogP contribution in [0.4, 0.5) is 5.13 Å². The van der Waals surface area contributed by atoms with Crippen LogP contribution in [0.1, 0.15) is 18.4 Å². The van der Waals surface area contributed by atoms with E-state index in [2.05, 4.69) is 20.4 Å². The van der Waals surface area contributed by atoms with Gasteiger partial charge in [-0.25, -0.2) is 0 Å². The van der Waals surface area contributed by atoms with E-state index in [0.29, 0.717) is 37.9 Å². The molecule has 21 heavy (non-hydrogen) atoms. The van der Waals surface area contributed by atoms with Gasteiger partial charge in [-0.15, -0.1) is 10.2 Å². The van der Waals surface area contributed by atoms with Crippen LogP contribution in [0.15, 0.2) is 0 Å². The first-order valence-corrected chi connectivity index (χ1v) is 7.99. The van der Waals surface area contributed by atoms with Crippen molar-refractivity contribution in [3.05, 3.63) is 5.01 Å². The fourth-order valence-electron chi connectivity index (χ4n) is 2.00. The van der Waals surface area contributed by atoms with Gasteiger partial charge in [0, 0.05) is 19.5 Å². The van der Waals surface area contributed by atoms with Gasteiger partial charge >= 0.3 is 0 Å². The molecule has 118 valence electrons. The number of carbonyl (C=O) groups excluding carboxylic acids is 1. The summed E-state index contributed by atoms with van der Waals surface area (Å²) in [4.78, 5) is 13.9. The topological polar surface area (TPSA) is 76.6 Å². The first kappa shape index (κ1) is 16.3. The van der Waals surface area contributed by atoms with E-state index in [1.165, 1.54) is 11.3 Å². The first-order valence-electron chi connectivity index (χ1n) is 7.17. The van der Waals surface area contributed by atoms with E-state index >= 15 is 0 Å². The van der Waals surface area contributed by atoms with Crippen LogP contribution in [0.3, 0.4) is 0 Å². The van der Waals surface area contributed by atoms with Crippen LogP contribution < -0.4 is 5.32 Å². The van der Waals surface area contributed by atoms with E-state index in [-0.39, 0.29) is 12.0 Å². The van der Waals surface area contributed by atoms with Gasteiger partial charge in [0.15, 0.2) is 0 Å². The summed E-state index contributed by atoms with van der Waals surface area (Å²) in [7, 11) is 1.98. The molecule has 2 heterocycles. The molecular formula is C13H22N4O3S. The number of hydrogen-bond acceptors (Lipinski definition) is 7. The molecule has 1 amide bonds. The molecule has 7 nitrogen and oxygen atoms in total. The third kappa shape index (κ3) is 5.66. The molecule has 0 aliphatic carbocycles. The van der Waals surface area contributed by atoms with Crippen molar-refractivity contribution in [2.45, 2.75) is 25.9 Å². The van der Waals surface area contributed by atoms with E-state index in [1.807, 2.05) is 14.0 Å². The zero-order valence-electron chi connectivity index (χ0n) is 12.5. The van der Waals surface area contributed by atoms with Crippen molar-refractivity contribution in [1.29, 1.82) is 0 Å². The molecule has 1 aliphatic heterocycles. The number of aryl methyl sites for hydroxylation is 1. The van der Waals surface area contributed by atoms with E-state index in [9.17, 15) is 4.79 Å². The molecule has 8 heteroatoms. The Morgan fingerprint density at radius 3 is 3.00 bits per heavy atom. The van der Waals surface area contributed by atoms with Crippen LogP contribution in [-0.2, 0) is 20.7 Å². The first-order chi connectivity index (χ1) is 10.2. The summed E-state index contributed by atoms with van der Waals surface area (Å²) in [6.07, 6.45) is 1.35. The quantitative estimate of drug-likeness (QED) is 0.801. The zero-order chi connectivity index (χ0) is 15.1. The smallest absolute Gasteiger partial charge is 0.227 e. The van der Waals surface area contributed by atoms with Crippen molar-refractivity contribution in [3.63, 3.8) is 0 Å². The lowest BCUT2D eigenvalue weighted by atomic mass is 10.3. The van der Waals surface area contributed by atoms with Crippen molar-refractivity contribution >= 4 is 22.4 Å². The highest BCUT2D eigenvalue weighted by Crippen LogP contribution is 2.15. The number of ether oxygens (including phenoxy) is 2. The van der Waals surface area contributed by atoms with Crippen LogP contribution in [0.5, 0.6) is 0 Å². The Kier molecular flexibility index (Phi) is 6.50. The average Bonchev–Trinajstić information content (AvgIpc) is 2.94. The van der Waals surface area contributed by atoms with Gasteiger partial charge in [-0.3, -0.25) is 4.79 Å². The van der Waals surface area contributed by atoms with E-state index in [1.54, 1.807) is 0 Å². The summed E-state index contributed by atoms with van der Waals surface area (Å²) >= 11 is 1.42. The van der Waals surface area contributed by atoms with Crippen molar-refractivity contribution in [2.75, 3.05) is 45.3 Å². The normalized spacial score (nSPS) is 18.9. The Hall–Kier alpha value is -1.09. The molecule has 0 radical (unpaired) electrons. The van der Waals surface area contributed by atoms with Crippen molar-refractivity contribution in [1.82, 2.24) is 15.1 Å². The number of anilines is 1. The second-order valence-electron chi connectivity index (χ2n) is 4.98. The van der Waals surface area contributed by atoms with Crippen molar-refractivity contribution in [2.24, 2.45) is 0 Å². The minimum atomic E-state index is -0.0403. The number of amides is 1. The van der Waals surface area contributed by atoms with Crippen molar-refractivity contribution in [3.8, 4) is 0 Å². The number of hydrogen-bond donors (Lipinski definition) is 1. The molecule has 1 atom stereocenters. The molecule has 0 aromatic carbocycles. The molecule has 0 spiro atoms. The van der Waals surface area contributed by atoms with Gasteiger partial charge in [-0.2, -0.15) is 0 Å². The average molecular weight is 314 g/mol. The summed E-state index contributed by atoms with van der Waals surface area (Å²) in [5.41, 5.74) is 0. The zero-order valence-corrected chi connectivity index (χ0v) is 13.3. The Bertz CT molecular complexity index is 448. The van der Waals surface area contributed by atoms with Crippen LogP contribution in [0, 0.1) is 0 Å². The monoisotopic (exact) mass is 314 g/mol. The van der Waals surface area contributed by atoms with E-state index in [0.717, 1.165) is 18.0 Å². The highest BCUT2D eigenvalue weighted by atomic mass is 32.1. The second-order valence-corrected chi connectivity index (χ2v) is 6.04. The molecule has 0 saturated carbocycles. The Morgan fingerprint density at radius 1 is 1.48 bits per heavy atom. The lowest BCUT2D eigenvalue weighted by molar-refractivity contribution is -0.117. The van der Waals surface area contributed by atoms with Gasteiger partial charge in [0.25, 0.3) is 0 Å². The van der Waals surface area contributed by atoms with E-state index < -0.39 is 0 Å². The SMILES string of the molecule is CCc1nnc(NC(=O)CCN(C)C[C@H]2COCCO2)s1. The molecule has 1 saturated heterocycles. The molecular weight excluding hydrogens is 292 g/mol. The largest absolute Gasteiger partial charge is 0.376 e. The summed E-state index contributed by atoms with van der Waals surface area (Å²) in [6, 6.07) is 0. The summed E-state index contributed by atoms with van der Waals surface area (Å²) in [5, 5.41) is 12.2. The third-order valence-corrected chi connectivity index (χ3v) is 4.12. The number of nitrogens with zero attached hydrogens (tertiary/aromatic N) is 3. The number of likely N-dealkylation sites (N-methyl/N-ethyl adjacent to an activating group) is 1. The maximum Gasteiger partial charge on any atom is 0.227 e. The predicted molar refractivity (Wildman–Crippen MR) is 80.6 cm³/mol. The van der Waals surface area contributed by atoms with Crippen LogP contribution in [0.25, 0.3) is 0 Å². The molecule has 0 bridgehead atoms. The minimum absolute atomic E-state index is 0.0403. The third-order valence-electron chi connectivity index (χ3n) is 3.14. The predicted octanol–water partition coefficient (Wildman–Crippen LogP) is 0.776. The van der Waals surface area contributed by atoms with Gasteiger partial charge in [-0.1, -0.05) is 18.3 Å². The maximum absolute atomic E-state index is 11.9. The van der Waals surface area contributed by atoms with Crippen LogP contribution in [-0.4, -0.2) is 67.1 Å². The van der Waals surface area contributed by atoms with Gasteiger partial charge in [-0.05, 0) is 13.5 Å². The summed E-state index contributed by atoms with van der Waals surface area (Å²) < 4.78 is 10.9. The number of rotatable bonds is 7. The molecule has 1 aliphatic rings. The highest BCUT2D eigenvalue weighted by Gasteiger charge is 2.17. The maximum atomic E-state index is 11.9. The van der Waals surface area contributed by atoms with Crippen molar-refractivity contribution < 1.29 is 14.3 Å². The molecule has 1 aromatic heterocycles. The number of carbonyl (C=O) groups is 1. The number of nitrogens with one attached hydrogen (secondary N) is 1. The lowest BCUT2D eigenvalue weighted by Gasteiger charge is -2.27. The molecule has 1 aromatic rings. The fraction of sp³-hybridized carbons (Fsp3) is 0.769. The van der Waals surface area contributed by atoms with Crippen LogP contribution in [0.2, 0.25) is 0 Å². The molecule has 0 unspecified atom stereocenters. The standard InChI is InChI=1S/C13H22N4O3S/c1-3-12-15-16-13(21-12)14-11(18)4-5-17(2)8-10-9-19-6-7-20-10/h10H,3-9H2,1-2H3,(H,14,16,18)/t10-/m0/s1. The van der Waals surface area contributed by atoms with Gasteiger partial charge in [0.1, 0.15) is 5.01 Å².